The molecule has 0 atom stereocenters. The van der Waals surface area contributed by atoms with Gasteiger partial charge in [-0.2, -0.15) is 13.2 Å². The van der Waals surface area contributed by atoms with Gasteiger partial charge in [0, 0.05) is 20.2 Å². The molecule has 0 fully saturated rings. The molecule has 0 saturated heterocycles. The molecule has 1 N–H and O–H groups in total. The van der Waals surface area contributed by atoms with Gasteiger partial charge in [0.25, 0.3) is 5.69 Å². The lowest BCUT2D eigenvalue weighted by molar-refractivity contribution is -0.425. The number of nitrogens with zero attached hydrogens (tertiary/aromatic N) is 1. The number of Topliss-reactive ketones (excluding diaryl/α,β-unsaturated/α-hetero) is 1. The summed E-state index contributed by atoms with van der Waals surface area (Å²) < 4.78 is 38.0. The highest BCUT2D eigenvalue weighted by Crippen LogP contribution is 2.32. The summed E-state index contributed by atoms with van der Waals surface area (Å²) in [6.07, 6.45) is -3.39. The van der Waals surface area contributed by atoms with Crippen LogP contribution in [0.5, 0.6) is 0 Å². The Morgan fingerprint density at radius 2 is 1.94 bits per heavy atom. The van der Waals surface area contributed by atoms with Crippen LogP contribution in [-0.4, -0.2) is 19.9 Å². The van der Waals surface area contributed by atoms with E-state index < -0.39 is 17.7 Å². The largest absolute Gasteiger partial charge is 0.478 e. The number of nitrogens with one attached hydrogen (secondary N) is 1. The maximum atomic E-state index is 12.7. The molecular formula is C10H12F3N2O+. The number of anilines is 1. The normalized spacial score (nSPS) is 11.4. The molecule has 0 bridgehead atoms. The predicted octanol–water partition coefficient (Wildman–Crippen LogP) is 1.79. The maximum absolute atomic E-state index is 12.7. The van der Waals surface area contributed by atoms with Crippen molar-refractivity contribution in [2.24, 2.45) is 0 Å². The van der Waals surface area contributed by atoms with Crippen molar-refractivity contribution in [1.82, 2.24) is 0 Å². The lowest BCUT2D eigenvalue weighted by Gasteiger charge is -2.16. The third-order valence-electron chi connectivity index (χ3n) is 2.09. The topological polar surface area (TPSA) is 34.5 Å². The van der Waals surface area contributed by atoms with Gasteiger partial charge in [-0.1, -0.05) is 0 Å². The Labute approximate surface area is 90.9 Å². The quantitative estimate of drug-likeness (QED) is 0.730. The Hall–Kier alpha value is -1.59. The highest BCUT2D eigenvalue weighted by Gasteiger charge is 2.43. The first kappa shape index (κ1) is 12.5. The Morgan fingerprint density at radius 3 is 2.31 bits per heavy atom. The highest BCUT2D eigenvalue weighted by molar-refractivity contribution is 6.00. The molecule has 1 aromatic rings. The number of alkyl halides is 3. The average molecular weight is 233 g/mol. The van der Waals surface area contributed by atoms with Gasteiger partial charge in [0.1, 0.15) is 5.56 Å². The third-order valence-corrected chi connectivity index (χ3v) is 2.09. The first-order chi connectivity index (χ1) is 7.25. The van der Waals surface area contributed by atoms with Crippen molar-refractivity contribution >= 4 is 11.5 Å². The molecule has 0 saturated carbocycles. The van der Waals surface area contributed by atoms with E-state index in [9.17, 15) is 18.0 Å². The van der Waals surface area contributed by atoms with Gasteiger partial charge in [-0.25, -0.2) is 4.98 Å². The van der Waals surface area contributed by atoms with E-state index in [2.05, 4.69) is 4.98 Å². The van der Waals surface area contributed by atoms with Crippen LogP contribution in [0.25, 0.3) is 0 Å². The molecule has 0 radical (unpaired) electrons. The summed E-state index contributed by atoms with van der Waals surface area (Å²) in [6, 6.07) is 1.44. The molecule has 0 aromatic carbocycles. The summed E-state index contributed by atoms with van der Waals surface area (Å²) in [6.45, 7) is 1.12. The van der Waals surface area contributed by atoms with Crippen LogP contribution in [0.15, 0.2) is 12.3 Å². The van der Waals surface area contributed by atoms with Gasteiger partial charge in [0.05, 0.1) is 5.69 Å². The van der Waals surface area contributed by atoms with Crippen LogP contribution in [-0.2, 0) is 6.18 Å². The number of carbonyl (C=O) groups excluding carboxylic acids is 1. The fraction of sp³-hybridized carbons (Fsp3) is 0.400. The zero-order valence-corrected chi connectivity index (χ0v) is 9.14. The van der Waals surface area contributed by atoms with E-state index in [4.69, 9.17) is 0 Å². The molecule has 0 aliphatic rings. The Balaban J connectivity index is 3.52. The first-order valence-corrected chi connectivity index (χ1v) is 4.55. The second-order valence-corrected chi connectivity index (χ2v) is 3.56. The van der Waals surface area contributed by atoms with Crippen LogP contribution >= 0.6 is 0 Å². The number of rotatable bonds is 2. The molecule has 16 heavy (non-hydrogen) atoms. The summed E-state index contributed by atoms with van der Waals surface area (Å²) in [5.41, 5.74) is -1.09. The van der Waals surface area contributed by atoms with E-state index in [0.29, 0.717) is 0 Å². The van der Waals surface area contributed by atoms with Crippen LogP contribution in [0.3, 0.4) is 0 Å². The van der Waals surface area contributed by atoms with E-state index in [-0.39, 0.29) is 11.3 Å². The van der Waals surface area contributed by atoms with E-state index in [1.807, 2.05) is 0 Å². The van der Waals surface area contributed by atoms with Crippen molar-refractivity contribution in [3.63, 3.8) is 0 Å². The Morgan fingerprint density at radius 1 is 1.38 bits per heavy atom. The summed E-state index contributed by atoms with van der Waals surface area (Å²) in [4.78, 5) is 14.8. The molecule has 0 unspecified atom stereocenters. The van der Waals surface area contributed by atoms with Crippen LogP contribution < -0.4 is 9.88 Å². The van der Waals surface area contributed by atoms with Gasteiger partial charge in [-0.15, -0.1) is 0 Å². The molecule has 6 heteroatoms. The number of hydrogen-bond donors (Lipinski definition) is 0. The van der Waals surface area contributed by atoms with Gasteiger partial charge < -0.3 is 4.90 Å². The van der Waals surface area contributed by atoms with Crippen LogP contribution in [0.4, 0.5) is 18.9 Å². The second kappa shape index (κ2) is 4.11. The lowest BCUT2D eigenvalue weighted by Crippen LogP contribution is -2.27. The van der Waals surface area contributed by atoms with Crippen molar-refractivity contribution in [2.45, 2.75) is 13.1 Å². The molecule has 1 rings (SSSR count). The van der Waals surface area contributed by atoms with Gasteiger partial charge >= 0.3 is 6.18 Å². The third kappa shape index (κ3) is 2.32. The van der Waals surface area contributed by atoms with E-state index in [1.54, 1.807) is 14.1 Å². The van der Waals surface area contributed by atoms with Crippen molar-refractivity contribution in [3.05, 3.63) is 23.5 Å². The van der Waals surface area contributed by atoms with Gasteiger partial charge in [-0.05, 0) is 6.92 Å². The lowest BCUT2D eigenvalue weighted by atomic mass is 10.1. The second-order valence-electron chi connectivity index (χ2n) is 3.56. The molecule has 1 aromatic heterocycles. The van der Waals surface area contributed by atoms with Crippen molar-refractivity contribution in [1.29, 1.82) is 0 Å². The molecule has 0 spiro atoms. The summed E-state index contributed by atoms with van der Waals surface area (Å²) in [5, 5.41) is 0. The van der Waals surface area contributed by atoms with Crippen molar-refractivity contribution in [2.75, 3.05) is 19.0 Å². The number of H-pyrrole nitrogens is 1. The smallest absolute Gasteiger partial charge is 0.377 e. The van der Waals surface area contributed by atoms with E-state index >= 15 is 0 Å². The number of pyridine rings is 1. The van der Waals surface area contributed by atoms with Crippen molar-refractivity contribution in [3.8, 4) is 0 Å². The molecule has 88 valence electrons. The summed E-state index contributed by atoms with van der Waals surface area (Å²) in [7, 11) is 3.17. The number of aromatic amines is 1. The molecule has 0 amide bonds. The monoisotopic (exact) mass is 233 g/mol. The minimum absolute atomic E-state index is 0.249. The predicted molar refractivity (Wildman–Crippen MR) is 52.3 cm³/mol. The number of ketones is 1. The molecule has 0 aliphatic carbocycles. The summed E-state index contributed by atoms with van der Waals surface area (Å²) in [5.74, 6) is -0.618. The fourth-order valence-electron chi connectivity index (χ4n) is 1.44. The Bertz CT molecular complexity index is 413. The zero-order valence-electron chi connectivity index (χ0n) is 9.14. The highest BCUT2D eigenvalue weighted by atomic mass is 19.4. The molecule has 3 nitrogen and oxygen atoms in total. The molecule has 0 aliphatic heterocycles. The van der Waals surface area contributed by atoms with Gasteiger partial charge in [0.15, 0.2) is 12.0 Å². The minimum atomic E-state index is -4.56. The molecule has 1 heterocycles. The van der Waals surface area contributed by atoms with Crippen LogP contribution in [0.2, 0.25) is 0 Å². The number of hydrogen-bond acceptors (Lipinski definition) is 2. The fourth-order valence-corrected chi connectivity index (χ4v) is 1.44. The van der Waals surface area contributed by atoms with Gasteiger partial charge in [-0.3, -0.25) is 4.79 Å². The number of carbonyl (C=O) groups is 1. The van der Waals surface area contributed by atoms with E-state index in [0.717, 1.165) is 6.92 Å². The summed E-state index contributed by atoms with van der Waals surface area (Å²) >= 11 is 0. The molecular weight excluding hydrogens is 221 g/mol. The van der Waals surface area contributed by atoms with Crippen molar-refractivity contribution < 1.29 is 22.9 Å². The van der Waals surface area contributed by atoms with E-state index in [1.165, 1.54) is 17.2 Å². The Kier molecular flexibility index (Phi) is 3.21. The standard InChI is InChI=1S/C10H11F3N2O/c1-6(16)8-7(15(2)3)4-5-14-9(8)10(11,12)13/h4-5H,1-3H3/p+1. The first-order valence-electron chi connectivity index (χ1n) is 4.55. The number of aromatic nitrogens is 1. The SMILES string of the molecule is CC(=O)c1c(N(C)C)cc[nH+]c1C(F)(F)F. The van der Waals surface area contributed by atoms with Crippen LogP contribution in [0.1, 0.15) is 23.0 Å². The number of halogens is 3. The average Bonchev–Trinajstić information content (AvgIpc) is 2.14. The van der Waals surface area contributed by atoms with Gasteiger partial charge in [0.2, 0.25) is 0 Å². The minimum Gasteiger partial charge on any atom is -0.377 e. The maximum Gasteiger partial charge on any atom is 0.478 e. The zero-order chi connectivity index (χ0) is 12.5. The van der Waals surface area contributed by atoms with Crippen LogP contribution in [0, 0.1) is 0 Å².